The molecule has 11 heteroatoms. The van der Waals surface area contributed by atoms with Gasteiger partial charge in [0.05, 0.1) is 16.8 Å². The van der Waals surface area contributed by atoms with E-state index in [2.05, 4.69) is 24.6 Å². The Kier molecular flexibility index (Phi) is 5.20. The molecule has 0 amide bonds. The second-order valence-electron chi connectivity index (χ2n) is 5.93. The van der Waals surface area contributed by atoms with Crippen LogP contribution in [0.3, 0.4) is 0 Å². The van der Waals surface area contributed by atoms with E-state index in [0.29, 0.717) is 5.52 Å². The molecule has 0 radical (unpaired) electrons. The molecule has 0 saturated carbocycles. The molecule has 0 fully saturated rings. The minimum Gasteiger partial charge on any atom is -0.417 e. The van der Waals surface area contributed by atoms with Gasteiger partial charge in [0.1, 0.15) is 0 Å². The van der Waals surface area contributed by atoms with Gasteiger partial charge in [0.15, 0.2) is 5.01 Å². The number of benzene rings is 2. The second kappa shape index (κ2) is 7.79. The SMILES string of the molecule is CNS(=O)(=O)NCc1nnc(C(=O)c2nc3ccc(-c4ccccc4)cc3s2)o1. The van der Waals surface area contributed by atoms with Crippen LogP contribution in [0.15, 0.2) is 52.9 Å². The van der Waals surface area contributed by atoms with E-state index < -0.39 is 16.0 Å². The maximum atomic E-state index is 12.6. The fraction of sp³-hybridized carbons (Fsp3) is 0.111. The van der Waals surface area contributed by atoms with Gasteiger partial charge in [-0.05, 0) is 23.3 Å². The average molecular weight is 429 g/mol. The number of fused-ring (bicyclic) bond motifs is 1. The molecule has 0 spiro atoms. The summed E-state index contributed by atoms with van der Waals surface area (Å²) in [6.07, 6.45) is 0. The van der Waals surface area contributed by atoms with Gasteiger partial charge in [-0.15, -0.1) is 21.5 Å². The van der Waals surface area contributed by atoms with Crippen LogP contribution in [-0.4, -0.2) is 36.4 Å². The van der Waals surface area contributed by atoms with E-state index in [4.69, 9.17) is 4.42 Å². The lowest BCUT2D eigenvalue weighted by molar-refractivity contribution is 0.100. The maximum absolute atomic E-state index is 12.6. The van der Waals surface area contributed by atoms with Gasteiger partial charge in [0, 0.05) is 7.05 Å². The molecule has 0 saturated heterocycles. The van der Waals surface area contributed by atoms with Crippen LogP contribution < -0.4 is 9.44 Å². The van der Waals surface area contributed by atoms with Gasteiger partial charge in [0.25, 0.3) is 21.9 Å². The van der Waals surface area contributed by atoms with Crippen molar-refractivity contribution in [3.63, 3.8) is 0 Å². The van der Waals surface area contributed by atoms with Crippen molar-refractivity contribution >= 4 is 37.5 Å². The minimum atomic E-state index is -3.65. The Balaban J connectivity index is 1.56. The summed E-state index contributed by atoms with van der Waals surface area (Å²) in [6.45, 7) is -0.232. The van der Waals surface area contributed by atoms with Crippen LogP contribution in [0.1, 0.15) is 21.6 Å². The molecule has 29 heavy (non-hydrogen) atoms. The summed E-state index contributed by atoms with van der Waals surface area (Å²) in [4.78, 5) is 17.0. The first-order valence-corrected chi connectivity index (χ1v) is 10.8. The third-order valence-electron chi connectivity index (χ3n) is 4.03. The van der Waals surface area contributed by atoms with Gasteiger partial charge < -0.3 is 4.42 Å². The number of carbonyl (C=O) groups is 1. The molecule has 0 bridgehead atoms. The molecule has 0 aliphatic heterocycles. The quantitative estimate of drug-likeness (QED) is 0.431. The van der Waals surface area contributed by atoms with Crippen LogP contribution in [-0.2, 0) is 16.8 Å². The van der Waals surface area contributed by atoms with Gasteiger partial charge in [-0.25, -0.2) is 9.71 Å². The summed E-state index contributed by atoms with van der Waals surface area (Å²) in [5, 5.41) is 7.61. The van der Waals surface area contributed by atoms with Crippen molar-refractivity contribution in [1.82, 2.24) is 24.6 Å². The van der Waals surface area contributed by atoms with Crippen molar-refractivity contribution in [3.8, 4) is 11.1 Å². The zero-order valence-electron chi connectivity index (χ0n) is 15.1. The predicted octanol–water partition coefficient (Wildman–Crippen LogP) is 2.13. The topological polar surface area (TPSA) is 127 Å². The van der Waals surface area contributed by atoms with Crippen molar-refractivity contribution in [2.24, 2.45) is 0 Å². The van der Waals surface area contributed by atoms with Crippen molar-refractivity contribution in [2.75, 3.05) is 7.05 Å². The number of carbonyl (C=O) groups excluding carboxylic acids is 1. The number of nitrogens with one attached hydrogen (secondary N) is 2. The molecule has 9 nitrogen and oxygen atoms in total. The highest BCUT2D eigenvalue weighted by molar-refractivity contribution is 7.87. The van der Waals surface area contributed by atoms with Crippen LogP contribution in [0, 0.1) is 0 Å². The number of aromatic nitrogens is 3. The number of thiazole rings is 1. The maximum Gasteiger partial charge on any atom is 0.291 e. The molecule has 2 aromatic carbocycles. The standard InChI is InChI=1S/C18H15N5O4S2/c1-19-29(25,26)20-10-15-22-23-17(27-15)16(24)18-21-13-8-7-12(9-14(13)28-18)11-5-3-2-4-6-11/h2-9,19-20H,10H2,1H3. The molecular formula is C18H15N5O4S2. The highest BCUT2D eigenvalue weighted by atomic mass is 32.2. The summed E-state index contributed by atoms with van der Waals surface area (Å²) < 4.78 is 33.2. The Bertz CT molecular complexity index is 1280. The van der Waals surface area contributed by atoms with Crippen molar-refractivity contribution in [1.29, 1.82) is 0 Å². The molecule has 148 valence electrons. The molecular weight excluding hydrogens is 414 g/mol. The van der Waals surface area contributed by atoms with Gasteiger partial charge in [0.2, 0.25) is 5.89 Å². The molecule has 2 N–H and O–H groups in total. The number of ketones is 1. The van der Waals surface area contributed by atoms with E-state index in [1.807, 2.05) is 48.5 Å². The van der Waals surface area contributed by atoms with Gasteiger partial charge in [-0.2, -0.15) is 13.1 Å². The number of hydrogen-bond acceptors (Lipinski definition) is 8. The first kappa shape index (κ1) is 19.3. The van der Waals surface area contributed by atoms with Crippen LogP contribution in [0.25, 0.3) is 21.3 Å². The molecule has 0 aliphatic rings. The summed E-state index contributed by atoms with van der Waals surface area (Å²) in [7, 11) is -2.38. The van der Waals surface area contributed by atoms with Gasteiger partial charge in [-0.3, -0.25) is 4.79 Å². The van der Waals surface area contributed by atoms with E-state index in [1.165, 1.54) is 18.4 Å². The first-order chi connectivity index (χ1) is 13.9. The largest absolute Gasteiger partial charge is 0.417 e. The highest BCUT2D eigenvalue weighted by Gasteiger charge is 2.21. The van der Waals surface area contributed by atoms with Crippen LogP contribution in [0.5, 0.6) is 0 Å². The zero-order chi connectivity index (χ0) is 20.4. The zero-order valence-corrected chi connectivity index (χ0v) is 16.8. The summed E-state index contributed by atoms with van der Waals surface area (Å²) in [6, 6.07) is 15.7. The highest BCUT2D eigenvalue weighted by Crippen LogP contribution is 2.29. The molecule has 4 aromatic rings. The molecule has 0 aliphatic carbocycles. The summed E-state index contributed by atoms with van der Waals surface area (Å²) in [5.74, 6) is -0.784. The van der Waals surface area contributed by atoms with E-state index in [9.17, 15) is 13.2 Å². The van der Waals surface area contributed by atoms with Crippen LogP contribution in [0.4, 0.5) is 0 Å². The number of nitrogens with zero attached hydrogens (tertiary/aromatic N) is 3. The smallest absolute Gasteiger partial charge is 0.291 e. The third-order valence-corrected chi connectivity index (χ3v) is 6.11. The Morgan fingerprint density at radius 1 is 1.10 bits per heavy atom. The monoisotopic (exact) mass is 429 g/mol. The average Bonchev–Trinajstić information content (AvgIpc) is 3.39. The Hall–Kier alpha value is -2.99. The van der Waals surface area contributed by atoms with Crippen molar-refractivity contribution < 1.29 is 17.6 Å². The summed E-state index contributed by atoms with van der Waals surface area (Å²) in [5.41, 5.74) is 2.79. The molecule has 2 heterocycles. The lowest BCUT2D eigenvalue weighted by atomic mass is 10.1. The second-order valence-corrected chi connectivity index (χ2v) is 8.66. The Morgan fingerprint density at radius 3 is 2.66 bits per heavy atom. The first-order valence-electron chi connectivity index (χ1n) is 8.46. The van der Waals surface area contributed by atoms with Crippen LogP contribution in [0.2, 0.25) is 0 Å². The van der Waals surface area contributed by atoms with Crippen LogP contribution >= 0.6 is 11.3 Å². The molecule has 0 unspecified atom stereocenters. The normalized spacial score (nSPS) is 11.8. The van der Waals surface area contributed by atoms with E-state index in [-0.39, 0.29) is 23.3 Å². The Morgan fingerprint density at radius 2 is 1.90 bits per heavy atom. The Labute approximate surface area is 170 Å². The van der Waals surface area contributed by atoms with Crippen molar-refractivity contribution in [3.05, 3.63) is 65.3 Å². The molecule has 2 aromatic heterocycles. The molecule has 0 atom stereocenters. The van der Waals surface area contributed by atoms with Gasteiger partial charge in [-0.1, -0.05) is 36.4 Å². The lowest BCUT2D eigenvalue weighted by Crippen LogP contribution is -2.33. The fourth-order valence-corrected chi connectivity index (χ4v) is 3.96. The fourth-order valence-electron chi connectivity index (χ4n) is 2.57. The molecule has 4 rings (SSSR count). The predicted molar refractivity (Wildman–Crippen MR) is 108 cm³/mol. The van der Waals surface area contributed by atoms with E-state index >= 15 is 0 Å². The van der Waals surface area contributed by atoms with E-state index in [1.54, 1.807) is 0 Å². The third kappa shape index (κ3) is 4.22. The minimum absolute atomic E-state index is 0.0281. The van der Waals surface area contributed by atoms with Crippen molar-refractivity contribution in [2.45, 2.75) is 6.54 Å². The lowest BCUT2D eigenvalue weighted by Gasteiger charge is -2.00. The number of hydrogen-bond donors (Lipinski definition) is 2. The van der Waals surface area contributed by atoms with E-state index in [0.717, 1.165) is 15.8 Å². The number of rotatable bonds is 7. The summed E-state index contributed by atoms with van der Waals surface area (Å²) >= 11 is 1.23. The van der Waals surface area contributed by atoms with Gasteiger partial charge >= 0.3 is 0 Å².